The van der Waals surface area contributed by atoms with Gasteiger partial charge in [-0.25, -0.2) is 0 Å². The molecular formula is C101H174N14O14. The number of hydrogen-bond donors (Lipinski definition) is 5. The zero-order valence-electron chi connectivity index (χ0n) is 87.2. The molecule has 0 amide bonds. The van der Waals surface area contributed by atoms with Crippen molar-refractivity contribution in [2.45, 2.75) is 285 Å². The molecule has 7 aromatic rings. The molecule has 0 saturated heterocycles. The highest BCUT2D eigenvalue weighted by molar-refractivity contribution is 5.65. The minimum absolute atomic E-state index is 0.259. The van der Waals surface area contributed by atoms with Gasteiger partial charge in [-0.05, 0) is 157 Å². The normalized spacial score (nSPS) is 12.3. The summed E-state index contributed by atoms with van der Waals surface area (Å²) in [6.07, 6.45) is 4.51. The largest absolute Gasteiger partial charge is 0.380 e. The average Bonchev–Trinajstić information content (AvgIpc) is 0.789. The zero-order valence-corrected chi connectivity index (χ0v) is 87.2. The number of likely N-dealkylation sites (N-methyl/N-ethyl adjacent to an activating group) is 8. The van der Waals surface area contributed by atoms with Crippen LogP contribution in [0.2, 0.25) is 0 Å². The van der Waals surface area contributed by atoms with Crippen molar-refractivity contribution in [2.75, 3.05) is 235 Å². The van der Waals surface area contributed by atoms with Crippen LogP contribution in [0.1, 0.15) is 286 Å². The van der Waals surface area contributed by atoms with Gasteiger partial charge in [-0.1, -0.05) is 222 Å². The Hall–Kier alpha value is -8.12. The third-order valence-corrected chi connectivity index (χ3v) is 23.2. The first kappa shape index (κ1) is 119. The second-order valence-electron chi connectivity index (χ2n) is 41.5. The smallest absolute Gasteiger partial charge is 0.249 e. The summed E-state index contributed by atoms with van der Waals surface area (Å²) in [4.78, 5) is 182. The third-order valence-electron chi connectivity index (χ3n) is 23.2. The average molecular weight is 1810 g/mol. The van der Waals surface area contributed by atoms with E-state index in [1.165, 1.54) is 0 Å². The monoisotopic (exact) mass is 1810 g/mol. The lowest BCUT2D eigenvalue weighted by atomic mass is 9.82. The Kier molecular flexibility index (Phi) is 48.8. The molecule has 0 atom stereocenters. The summed E-state index contributed by atoms with van der Waals surface area (Å²) in [5, 5.41) is 15.6. The van der Waals surface area contributed by atoms with Crippen LogP contribution in [0.15, 0.2) is 67.1 Å². The van der Waals surface area contributed by atoms with Gasteiger partial charge in [0.15, 0.2) is 0 Å². The van der Waals surface area contributed by atoms with Gasteiger partial charge in [0.25, 0.3) is 0 Å². The molecule has 0 aliphatic heterocycles. The molecule has 0 heterocycles. The summed E-state index contributed by atoms with van der Waals surface area (Å²) in [6, 6.07) is 0. The minimum Gasteiger partial charge on any atom is -0.380 e. The molecule has 0 spiro atoms. The zero-order chi connectivity index (χ0) is 99.9. The summed E-state index contributed by atoms with van der Waals surface area (Å²) in [5.74, 6) is 0. The van der Waals surface area contributed by atoms with Gasteiger partial charge < -0.3 is 70.7 Å². The maximum absolute atomic E-state index is 11.8. The summed E-state index contributed by atoms with van der Waals surface area (Å²) in [5.41, 5.74) is 1.92. The fourth-order valence-electron chi connectivity index (χ4n) is 15.5. The molecule has 7 rings (SSSR count). The molecule has 5 N–H and O–H groups in total. The second kappa shape index (κ2) is 52.9. The lowest BCUT2D eigenvalue weighted by Crippen LogP contribution is -2.47. The molecule has 0 bridgehead atoms. The maximum Gasteiger partial charge on any atom is 0.249 e. The van der Waals surface area contributed by atoms with Crippen LogP contribution in [0.3, 0.4) is 0 Å². The molecule has 0 radical (unpaired) electrons. The van der Waals surface area contributed by atoms with E-state index in [0.717, 1.165) is 157 Å². The summed E-state index contributed by atoms with van der Waals surface area (Å²) >= 11 is 0. The Labute approximate surface area is 772 Å². The van der Waals surface area contributed by atoms with E-state index in [4.69, 9.17) is 0 Å². The molecule has 0 aliphatic carbocycles. The minimum atomic E-state index is -0.367. The van der Waals surface area contributed by atoms with Crippen molar-refractivity contribution in [1.82, 2.24) is 34.3 Å². The number of nitrogens with one attached hydrogen (secondary N) is 5. The van der Waals surface area contributed by atoms with Crippen molar-refractivity contribution in [3.8, 4) is 0 Å². The van der Waals surface area contributed by atoms with Crippen LogP contribution in [-0.4, -0.2) is 233 Å². The fraction of sp³-hybridized carbons (Fsp3) is 0.723. The van der Waals surface area contributed by atoms with Crippen LogP contribution in [0.4, 0.5) is 39.8 Å². The SMILES string of the molecule is CCCN(C)CCNc1c(C(C)(C)C)c(=O)c1=O.CCCN(CC)CCNc1c(C(C)(C)C)c(=O)c1=O.CCCN(CCC)CCNc1c(C(C)(C)C)c(=O)c1=O.CCN(C)CCN(C)c1c(C(C)(C)C)c(=O)c1=O.CCN(C)CCNc1c(C(C)(C)C)c(=O)c1=O.CCN(CC)CCN(C)c1c(C(C)(C)C)c(=O)c1=O.CCN(CC)CCNc1c(C(C)(C)C)c(=O)c1=O. The van der Waals surface area contributed by atoms with Gasteiger partial charge >= 0.3 is 0 Å². The van der Waals surface area contributed by atoms with Gasteiger partial charge in [-0.2, -0.15) is 0 Å². The maximum atomic E-state index is 11.8. The highest BCUT2D eigenvalue weighted by Gasteiger charge is 2.37. The van der Waals surface area contributed by atoms with Gasteiger partial charge in [-0.15, -0.1) is 0 Å². The Morgan fingerprint density at radius 2 is 0.388 bits per heavy atom. The van der Waals surface area contributed by atoms with Crippen LogP contribution in [0.5, 0.6) is 0 Å². The topological polar surface area (TPSA) is 328 Å². The van der Waals surface area contributed by atoms with Crippen molar-refractivity contribution >= 4 is 39.8 Å². The molecule has 732 valence electrons. The molecule has 28 nitrogen and oxygen atoms in total. The first-order valence-corrected chi connectivity index (χ1v) is 47.4. The quantitative estimate of drug-likeness (QED) is 0.0222. The number of nitrogens with zero attached hydrogens (tertiary/aromatic N) is 9. The Morgan fingerprint density at radius 3 is 0.628 bits per heavy atom. The number of rotatable bonds is 43. The number of anilines is 7. The molecular weight excluding hydrogens is 1630 g/mol. The van der Waals surface area contributed by atoms with Gasteiger partial charge in [0.2, 0.25) is 76.0 Å². The summed E-state index contributed by atoms with van der Waals surface area (Å²) in [6.45, 7) is 87.1. The Balaban J connectivity index is 0.000000753. The van der Waals surface area contributed by atoms with E-state index < -0.39 is 0 Å². The first-order valence-electron chi connectivity index (χ1n) is 47.4. The number of hydrogen-bond acceptors (Lipinski definition) is 28. The predicted octanol–water partition coefficient (Wildman–Crippen LogP) is 9.78. The Morgan fingerprint density at radius 1 is 0.186 bits per heavy atom. The lowest BCUT2D eigenvalue weighted by Gasteiger charge is -2.30. The molecule has 129 heavy (non-hydrogen) atoms. The van der Waals surface area contributed by atoms with Gasteiger partial charge in [0, 0.05) is 145 Å². The molecule has 0 unspecified atom stereocenters. The molecule has 0 fully saturated rings. The van der Waals surface area contributed by atoms with E-state index >= 15 is 0 Å². The lowest BCUT2D eigenvalue weighted by molar-refractivity contribution is 0.285. The van der Waals surface area contributed by atoms with E-state index in [2.05, 4.69) is 144 Å². The van der Waals surface area contributed by atoms with Gasteiger partial charge in [0.1, 0.15) is 0 Å². The molecule has 0 saturated carbocycles. The van der Waals surface area contributed by atoms with Crippen molar-refractivity contribution in [3.05, 3.63) is 182 Å². The van der Waals surface area contributed by atoms with Gasteiger partial charge in [0.05, 0.1) is 39.8 Å². The fourth-order valence-corrected chi connectivity index (χ4v) is 15.5. The van der Waals surface area contributed by atoms with E-state index in [0.29, 0.717) is 111 Å². The van der Waals surface area contributed by atoms with Crippen LogP contribution >= 0.6 is 0 Å². The van der Waals surface area contributed by atoms with Crippen LogP contribution in [0.25, 0.3) is 0 Å². The molecule has 0 aromatic heterocycles. The van der Waals surface area contributed by atoms with E-state index in [9.17, 15) is 67.1 Å². The summed E-state index contributed by atoms with van der Waals surface area (Å²) < 4.78 is 0. The first-order chi connectivity index (χ1) is 59.5. The molecule has 28 heteroatoms. The van der Waals surface area contributed by atoms with E-state index in [1.54, 1.807) is 0 Å². The van der Waals surface area contributed by atoms with E-state index in [1.807, 2.05) is 183 Å². The van der Waals surface area contributed by atoms with Crippen molar-refractivity contribution < 1.29 is 0 Å². The Bertz CT molecular complexity index is 5090. The highest BCUT2D eigenvalue weighted by Crippen LogP contribution is 2.32. The highest BCUT2D eigenvalue weighted by atomic mass is 16.2. The standard InChI is InChI=1S/C16H28N2O2.2C15H26N2O2.3C14H24N2O2.C13H22N2O2/c1-6-9-18(10-7-2)11-8-17-13-12(16(3,4)5)14(19)15(13)20;1-7-17(8-2)10-9-16(6)12-11(15(3,4)5)13(18)14(12)19;1-6-9-17(7-2)10-8-16-12-11(15(3,4)5)13(18)14(12)19;1-7-15(5)8-9-16(6)11-10(14(2,3)4)12(17)13(11)18;1-6-8-16(5)9-7-15-11-10(14(2,3)4)12(17)13(11)18;1-6-16(7-2)9-8-15-11-10(14(3,4)5)12(17)13(11)18;1-6-15(5)8-7-14-10-9(13(2,3)4)11(16)12(10)17/h17H,6-11H2,1-5H3;7-10H2,1-6H3;16H,6-10H2,1-5H3;7-9H2,1-6H3;2*15H,6-9H2,1-5H3;14H,6-8H2,1-5H3. The molecule has 0 aliphatic rings. The van der Waals surface area contributed by atoms with Crippen LogP contribution in [-0.2, 0) is 37.9 Å². The van der Waals surface area contributed by atoms with Crippen LogP contribution in [0, 0.1) is 0 Å². The third kappa shape index (κ3) is 34.5. The van der Waals surface area contributed by atoms with E-state index in [-0.39, 0.29) is 114 Å². The van der Waals surface area contributed by atoms with Gasteiger partial charge in [-0.3, -0.25) is 67.1 Å². The predicted molar refractivity (Wildman–Crippen MR) is 548 cm³/mol. The van der Waals surface area contributed by atoms with Crippen molar-refractivity contribution in [1.29, 1.82) is 0 Å². The van der Waals surface area contributed by atoms with Crippen LogP contribution < -0.4 is 112 Å². The summed E-state index contributed by atoms with van der Waals surface area (Å²) in [7, 11) is 9.90. The molecule has 7 aromatic carbocycles. The second-order valence-corrected chi connectivity index (χ2v) is 41.5. The van der Waals surface area contributed by atoms with Crippen molar-refractivity contribution in [2.24, 2.45) is 0 Å². The van der Waals surface area contributed by atoms with Crippen molar-refractivity contribution in [3.63, 3.8) is 0 Å².